The summed E-state index contributed by atoms with van der Waals surface area (Å²) >= 11 is 0. The van der Waals surface area contributed by atoms with Gasteiger partial charge in [0.1, 0.15) is 6.10 Å². The minimum atomic E-state index is -0.701. The highest BCUT2D eigenvalue weighted by atomic mass is 16.5. The van der Waals surface area contributed by atoms with E-state index < -0.39 is 5.97 Å². The van der Waals surface area contributed by atoms with Crippen LogP contribution in [-0.4, -0.2) is 23.1 Å². The summed E-state index contributed by atoms with van der Waals surface area (Å²) in [4.78, 5) is 22.9. The molecule has 34 heavy (non-hydrogen) atoms. The van der Waals surface area contributed by atoms with E-state index in [4.69, 9.17) is 9.84 Å². The van der Waals surface area contributed by atoms with Crippen molar-refractivity contribution in [2.45, 2.75) is 180 Å². The summed E-state index contributed by atoms with van der Waals surface area (Å²) in [7, 11) is 0. The normalized spacial score (nSPS) is 12.1. The van der Waals surface area contributed by atoms with Crippen LogP contribution < -0.4 is 0 Å². The molecule has 0 radical (unpaired) electrons. The zero-order valence-electron chi connectivity index (χ0n) is 22.9. The first-order valence-corrected chi connectivity index (χ1v) is 15.0. The highest BCUT2D eigenvalue weighted by Gasteiger charge is 2.14. The molecule has 0 saturated heterocycles. The maximum atomic E-state index is 12.3. The van der Waals surface area contributed by atoms with Crippen LogP contribution in [0.15, 0.2) is 0 Å². The van der Waals surface area contributed by atoms with Crippen molar-refractivity contribution < 1.29 is 19.4 Å². The predicted molar refractivity (Wildman–Crippen MR) is 144 cm³/mol. The second kappa shape index (κ2) is 26.5. The Hall–Kier alpha value is -1.06. The number of rotatable bonds is 27. The van der Waals surface area contributed by atoms with Gasteiger partial charge >= 0.3 is 11.9 Å². The van der Waals surface area contributed by atoms with Gasteiger partial charge in [-0.05, 0) is 38.5 Å². The van der Waals surface area contributed by atoms with E-state index in [1.165, 1.54) is 83.5 Å². The highest BCUT2D eigenvalue weighted by Crippen LogP contribution is 2.18. The van der Waals surface area contributed by atoms with Crippen LogP contribution in [0.25, 0.3) is 0 Å². The van der Waals surface area contributed by atoms with Crippen LogP contribution in [0.4, 0.5) is 0 Å². The lowest BCUT2D eigenvalue weighted by Crippen LogP contribution is -2.18. The number of hydrogen-bond acceptors (Lipinski definition) is 3. The van der Waals surface area contributed by atoms with Gasteiger partial charge in [0.2, 0.25) is 0 Å². The van der Waals surface area contributed by atoms with Crippen molar-refractivity contribution in [2.24, 2.45) is 0 Å². The van der Waals surface area contributed by atoms with Crippen LogP contribution in [0.3, 0.4) is 0 Å². The topological polar surface area (TPSA) is 63.6 Å². The van der Waals surface area contributed by atoms with Crippen molar-refractivity contribution in [3.05, 3.63) is 0 Å². The van der Waals surface area contributed by atoms with Crippen molar-refractivity contribution in [3.8, 4) is 0 Å². The average Bonchev–Trinajstić information content (AvgIpc) is 2.81. The standard InChI is InChI=1S/C30H58O4/c1-3-5-7-9-10-11-12-13-14-15-17-20-24-28(34-30(33)27-23-8-6-4-2)25-21-18-16-19-22-26-29(31)32/h28H,3-27H2,1-2H3,(H,31,32). The van der Waals surface area contributed by atoms with E-state index in [0.29, 0.717) is 6.42 Å². The third-order valence-electron chi connectivity index (χ3n) is 6.83. The Morgan fingerprint density at radius 1 is 0.529 bits per heavy atom. The number of esters is 1. The van der Waals surface area contributed by atoms with Gasteiger partial charge in [-0.15, -0.1) is 0 Å². The second-order valence-corrected chi connectivity index (χ2v) is 10.3. The smallest absolute Gasteiger partial charge is 0.306 e. The summed E-state index contributed by atoms with van der Waals surface area (Å²) in [5, 5.41) is 8.73. The minimum Gasteiger partial charge on any atom is -0.481 e. The van der Waals surface area contributed by atoms with E-state index in [1.807, 2.05) is 0 Å². The molecule has 0 aromatic heterocycles. The van der Waals surface area contributed by atoms with Gasteiger partial charge in [0, 0.05) is 12.8 Å². The van der Waals surface area contributed by atoms with Crippen molar-refractivity contribution in [3.63, 3.8) is 0 Å². The lowest BCUT2D eigenvalue weighted by molar-refractivity contribution is -0.150. The first kappa shape index (κ1) is 32.9. The Morgan fingerprint density at radius 3 is 1.32 bits per heavy atom. The Morgan fingerprint density at radius 2 is 0.882 bits per heavy atom. The van der Waals surface area contributed by atoms with Gasteiger partial charge < -0.3 is 9.84 Å². The lowest BCUT2D eigenvalue weighted by atomic mass is 10.0. The molecule has 0 aliphatic heterocycles. The molecule has 0 amide bonds. The van der Waals surface area contributed by atoms with E-state index in [2.05, 4.69) is 13.8 Å². The molecule has 0 heterocycles. The Labute approximate surface area is 212 Å². The molecule has 4 heteroatoms. The number of carbonyl (C=O) groups excluding carboxylic acids is 1. The summed E-state index contributed by atoms with van der Waals surface area (Å²) < 4.78 is 5.87. The maximum Gasteiger partial charge on any atom is 0.306 e. The fraction of sp³-hybridized carbons (Fsp3) is 0.933. The summed E-state index contributed by atoms with van der Waals surface area (Å²) in [6.07, 6.45) is 28.4. The van der Waals surface area contributed by atoms with Crippen molar-refractivity contribution >= 4 is 11.9 Å². The van der Waals surface area contributed by atoms with Gasteiger partial charge in [0.05, 0.1) is 0 Å². The molecule has 1 N–H and O–H groups in total. The Bertz CT molecular complexity index is 449. The fourth-order valence-electron chi connectivity index (χ4n) is 4.59. The number of carboxylic acids is 1. The van der Waals surface area contributed by atoms with E-state index >= 15 is 0 Å². The second-order valence-electron chi connectivity index (χ2n) is 10.3. The molecule has 0 aliphatic carbocycles. The molecule has 4 nitrogen and oxygen atoms in total. The maximum absolute atomic E-state index is 12.3. The van der Waals surface area contributed by atoms with Crippen molar-refractivity contribution in [2.75, 3.05) is 0 Å². The van der Waals surface area contributed by atoms with Crippen LogP contribution in [0.5, 0.6) is 0 Å². The number of ether oxygens (including phenoxy) is 1. The first-order valence-electron chi connectivity index (χ1n) is 15.0. The van der Waals surface area contributed by atoms with E-state index in [1.54, 1.807) is 0 Å². The molecule has 1 unspecified atom stereocenters. The molecular weight excluding hydrogens is 424 g/mol. The molecule has 0 aromatic carbocycles. The third kappa shape index (κ3) is 25.6. The summed E-state index contributed by atoms with van der Waals surface area (Å²) in [5.74, 6) is -0.713. The Kier molecular flexibility index (Phi) is 25.7. The predicted octanol–water partition coefficient (Wildman–Crippen LogP) is 9.78. The number of aliphatic carboxylic acids is 1. The van der Waals surface area contributed by atoms with E-state index in [-0.39, 0.29) is 18.5 Å². The van der Waals surface area contributed by atoms with E-state index in [0.717, 1.165) is 64.2 Å². The van der Waals surface area contributed by atoms with Crippen molar-refractivity contribution in [1.29, 1.82) is 0 Å². The molecule has 202 valence electrons. The molecule has 0 aromatic rings. The molecule has 0 aliphatic rings. The van der Waals surface area contributed by atoms with Crippen LogP contribution in [-0.2, 0) is 14.3 Å². The SMILES string of the molecule is CCCCCCCCCCCCCCC(CCCCCCCC(=O)O)OC(=O)CCCCCC. The van der Waals surface area contributed by atoms with Crippen LogP contribution in [0.1, 0.15) is 174 Å². The number of carbonyl (C=O) groups is 2. The molecule has 1 atom stereocenters. The van der Waals surface area contributed by atoms with Gasteiger partial charge in [0.15, 0.2) is 0 Å². The van der Waals surface area contributed by atoms with Gasteiger partial charge in [-0.1, -0.05) is 123 Å². The highest BCUT2D eigenvalue weighted by molar-refractivity contribution is 5.69. The quantitative estimate of drug-likeness (QED) is 0.0934. The average molecular weight is 483 g/mol. The molecule has 0 rings (SSSR count). The van der Waals surface area contributed by atoms with Crippen LogP contribution >= 0.6 is 0 Å². The zero-order valence-corrected chi connectivity index (χ0v) is 22.9. The number of carboxylic acid groups (broad SMARTS) is 1. The monoisotopic (exact) mass is 482 g/mol. The molecule has 0 bridgehead atoms. The van der Waals surface area contributed by atoms with Gasteiger partial charge in [-0.2, -0.15) is 0 Å². The Balaban J connectivity index is 3.95. The molecular formula is C30H58O4. The van der Waals surface area contributed by atoms with Crippen LogP contribution in [0.2, 0.25) is 0 Å². The molecule has 0 saturated carbocycles. The van der Waals surface area contributed by atoms with E-state index in [9.17, 15) is 9.59 Å². The summed E-state index contributed by atoms with van der Waals surface area (Å²) in [5.41, 5.74) is 0. The zero-order chi connectivity index (χ0) is 25.1. The van der Waals surface area contributed by atoms with Gasteiger partial charge in [0.25, 0.3) is 0 Å². The summed E-state index contributed by atoms with van der Waals surface area (Å²) in [6.45, 7) is 4.46. The lowest BCUT2D eigenvalue weighted by Gasteiger charge is -2.18. The fourth-order valence-corrected chi connectivity index (χ4v) is 4.59. The third-order valence-corrected chi connectivity index (χ3v) is 6.83. The van der Waals surface area contributed by atoms with Crippen LogP contribution in [0, 0.1) is 0 Å². The molecule has 0 spiro atoms. The largest absolute Gasteiger partial charge is 0.481 e. The van der Waals surface area contributed by atoms with Gasteiger partial charge in [-0.3, -0.25) is 9.59 Å². The molecule has 0 fully saturated rings. The minimum absolute atomic E-state index is 0.0125. The summed E-state index contributed by atoms with van der Waals surface area (Å²) in [6, 6.07) is 0. The number of unbranched alkanes of at least 4 members (excludes halogenated alkanes) is 18. The first-order chi connectivity index (χ1) is 16.6. The number of hydrogen-bond donors (Lipinski definition) is 1. The van der Waals surface area contributed by atoms with Gasteiger partial charge in [-0.25, -0.2) is 0 Å². The van der Waals surface area contributed by atoms with Crippen molar-refractivity contribution in [1.82, 2.24) is 0 Å².